The van der Waals surface area contributed by atoms with Crippen LogP contribution in [0.5, 0.6) is 0 Å². The molecule has 2 heteroatoms. The average Bonchev–Trinajstić information content (AvgIpc) is 2.18. The zero-order valence-electron chi connectivity index (χ0n) is 8.13. The maximum Gasteiger partial charge on any atom is 0.0813 e. The molecule has 0 saturated heterocycles. The second kappa shape index (κ2) is 5.70. The summed E-state index contributed by atoms with van der Waals surface area (Å²) in [6.45, 7) is 1.79. The molecule has 1 rings (SSSR count). The Morgan fingerprint density at radius 2 is 2.14 bits per heavy atom. The van der Waals surface area contributed by atoms with Crippen LogP contribution in [0.2, 0.25) is 5.02 Å². The highest BCUT2D eigenvalue weighted by atomic mass is 35.5. The molecule has 0 aliphatic heterocycles. The highest BCUT2D eigenvalue weighted by molar-refractivity contribution is 6.31. The lowest BCUT2D eigenvalue weighted by Crippen LogP contribution is -1.97. The van der Waals surface area contributed by atoms with E-state index in [1.165, 1.54) is 0 Å². The van der Waals surface area contributed by atoms with Gasteiger partial charge in [0.05, 0.1) is 6.10 Å². The first-order chi connectivity index (χ1) is 6.75. The van der Waals surface area contributed by atoms with Gasteiger partial charge in [0.15, 0.2) is 0 Å². The monoisotopic (exact) mass is 208 g/mol. The largest absolute Gasteiger partial charge is 0.388 e. The number of halogens is 1. The van der Waals surface area contributed by atoms with Crippen LogP contribution < -0.4 is 0 Å². The van der Waals surface area contributed by atoms with Gasteiger partial charge in [0, 0.05) is 11.4 Å². The number of aliphatic hydroxyl groups is 1. The standard InChI is InChI=1S/C12H13ClO/c1-2-3-4-9-12(14)10-7-5-6-8-11(10)13/h5-8,12,14H,4,9H2,1H3. The molecule has 0 amide bonds. The molecule has 1 atom stereocenters. The zero-order chi connectivity index (χ0) is 10.4. The number of hydrogen-bond donors (Lipinski definition) is 1. The van der Waals surface area contributed by atoms with Gasteiger partial charge >= 0.3 is 0 Å². The van der Waals surface area contributed by atoms with Gasteiger partial charge in [-0.1, -0.05) is 29.8 Å². The first-order valence-corrected chi connectivity index (χ1v) is 4.95. The van der Waals surface area contributed by atoms with Gasteiger partial charge in [0.1, 0.15) is 0 Å². The fraction of sp³-hybridized carbons (Fsp3) is 0.333. The van der Waals surface area contributed by atoms with Crippen molar-refractivity contribution in [1.29, 1.82) is 0 Å². The Labute approximate surface area is 89.7 Å². The summed E-state index contributed by atoms with van der Waals surface area (Å²) in [7, 11) is 0. The number of benzene rings is 1. The summed E-state index contributed by atoms with van der Waals surface area (Å²) in [6, 6.07) is 7.35. The summed E-state index contributed by atoms with van der Waals surface area (Å²) >= 11 is 5.94. The minimum absolute atomic E-state index is 0.510. The lowest BCUT2D eigenvalue weighted by Gasteiger charge is -2.10. The highest BCUT2D eigenvalue weighted by Crippen LogP contribution is 2.25. The zero-order valence-corrected chi connectivity index (χ0v) is 8.88. The molecule has 74 valence electrons. The molecule has 0 bridgehead atoms. The van der Waals surface area contributed by atoms with E-state index in [1.807, 2.05) is 18.2 Å². The van der Waals surface area contributed by atoms with Crippen molar-refractivity contribution in [1.82, 2.24) is 0 Å². The van der Waals surface area contributed by atoms with Gasteiger partial charge in [-0.25, -0.2) is 0 Å². The van der Waals surface area contributed by atoms with Crippen LogP contribution in [-0.2, 0) is 0 Å². The topological polar surface area (TPSA) is 20.2 Å². The van der Waals surface area contributed by atoms with E-state index in [2.05, 4.69) is 11.8 Å². The smallest absolute Gasteiger partial charge is 0.0813 e. The van der Waals surface area contributed by atoms with E-state index in [0.717, 1.165) is 5.56 Å². The Bertz CT molecular complexity index is 349. The lowest BCUT2D eigenvalue weighted by atomic mass is 10.1. The maximum atomic E-state index is 9.78. The van der Waals surface area contributed by atoms with Crippen molar-refractivity contribution in [3.63, 3.8) is 0 Å². The molecule has 1 aromatic carbocycles. The summed E-state index contributed by atoms with van der Waals surface area (Å²) in [6.07, 6.45) is 0.817. The van der Waals surface area contributed by atoms with Crippen LogP contribution in [0.1, 0.15) is 31.4 Å². The minimum atomic E-state index is -0.510. The van der Waals surface area contributed by atoms with E-state index in [0.29, 0.717) is 17.9 Å². The molecule has 0 heterocycles. The van der Waals surface area contributed by atoms with Crippen molar-refractivity contribution in [3.05, 3.63) is 34.9 Å². The van der Waals surface area contributed by atoms with Gasteiger partial charge in [0.25, 0.3) is 0 Å². The normalized spacial score (nSPS) is 11.6. The SMILES string of the molecule is CC#CCCC(O)c1ccccc1Cl. The Hall–Kier alpha value is -0.970. The summed E-state index contributed by atoms with van der Waals surface area (Å²) in [5.41, 5.74) is 0.784. The molecule has 1 N–H and O–H groups in total. The number of aliphatic hydroxyl groups excluding tert-OH is 1. The van der Waals surface area contributed by atoms with E-state index in [4.69, 9.17) is 11.6 Å². The van der Waals surface area contributed by atoms with Crippen molar-refractivity contribution >= 4 is 11.6 Å². The van der Waals surface area contributed by atoms with Gasteiger partial charge in [-0.15, -0.1) is 11.8 Å². The van der Waals surface area contributed by atoms with Crippen LogP contribution in [0.15, 0.2) is 24.3 Å². The minimum Gasteiger partial charge on any atom is -0.388 e. The summed E-state index contributed by atoms with van der Waals surface area (Å²) in [5, 5.41) is 10.4. The third-order valence-electron chi connectivity index (χ3n) is 1.98. The molecule has 0 saturated carbocycles. The molecule has 0 radical (unpaired) electrons. The van der Waals surface area contributed by atoms with Crippen molar-refractivity contribution < 1.29 is 5.11 Å². The van der Waals surface area contributed by atoms with Crippen molar-refractivity contribution in [2.45, 2.75) is 25.9 Å². The second-order valence-corrected chi connectivity index (χ2v) is 3.41. The Morgan fingerprint density at radius 3 is 2.79 bits per heavy atom. The van der Waals surface area contributed by atoms with E-state index < -0.39 is 6.10 Å². The molecule has 0 aliphatic rings. The molecule has 0 aliphatic carbocycles. The second-order valence-electron chi connectivity index (χ2n) is 3.00. The predicted molar refractivity (Wildman–Crippen MR) is 59.1 cm³/mol. The fourth-order valence-corrected chi connectivity index (χ4v) is 1.50. The molecule has 1 unspecified atom stereocenters. The summed E-state index contributed by atoms with van der Waals surface area (Å²) in [5.74, 6) is 5.71. The molecule has 0 fully saturated rings. The van der Waals surface area contributed by atoms with E-state index >= 15 is 0 Å². The van der Waals surface area contributed by atoms with Crippen LogP contribution in [-0.4, -0.2) is 5.11 Å². The van der Waals surface area contributed by atoms with Crippen LogP contribution in [0, 0.1) is 11.8 Å². The first-order valence-electron chi connectivity index (χ1n) is 4.58. The van der Waals surface area contributed by atoms with E-state index in [1.54, 1.807) is 13.0 Å². The summed E-state index contributed by atoms with van der Waals surface area (Å²) in [4.78, 5) is 0. The van der Waals surface area contributed by atoms with Gasteiger partial charge in [-0.2, -0.15) is 0 Å². The van der Waals surface area contributed by atoms with Crippen molar-refractivity contribution in [3.8, 4) is 11.8 Å². The molecule has 1 nitrogen and oxygen atoms in total. The van der Waals surface area contributed by atoms with Crippen LogP contribution in [0.25, 0.3) is 0 Å². The van der Waals surface area contributed by atoms with Gasteiger partial charge in [0.2, 0.25) is 0 Å². The van der Waals surface area contributed by atoms with Crippen LogP contribution >= 0.6 is 11.6 Å². The highest BCUT2D eigenvalue weighted by Gasteiger charge is 2.09. The quantitative estimate of drug-likeness (QED) is 0.757. The number of hydrogen-bond acceptors (Lipinski definition) is 1. The summed E-state index contributed by atoms with van der Waals surface area (Å²) < 4.78 is 0. The third-order valence-corrected chi connectivity index (χ3v) is 2.33. The molecular formula is C12H13ClO. The maximum absolute atomic E-state index is 9.78. The molecule has 14 heavy (non-hydrogen) atoms. The third kappa shape index (κ3) is 3.06. The van der Waals surface area contributed by atoms with E-state index in [-0.39, 0.29) is 0 Å². The van der Waals surface area contributed by atoms with Gasteiger partial charge in [-0.05, 0) is 25.0 Å². The Kier molecular flexibility index (Phi) is 4.52. The van der Waals surface area contributed by atoms with Crippen LogP contribution in [0.4, 0.5) is 0 Å². The van der Waals surface area contributed by atoms with E-state index in [9.17, 15) is 5.11 Å². The molecular weight excluding hydrogens is 196 g/mol. The first kappa shape index (κ1) is 11.1. The van der Waals surface area contributed by atoms with Crippen molar-refractivity contribution in [2.24, 2.45) is 0 Å². The fourth-order valence-electron chi connectivity index (χ4n) is 1.23. The average molecular weight is 209 g/mol. The molecule has 0 spiro atoms. The molecule has 0 aromatic heterocycles. The number of rotatable bonds is 3. The molecule has 1 aromatic rings. The lowest BCUT2D eigenvalue weighted by molar-refractivity contribution is 0.169. The Morgan fingerprint density at radius 1 is 1.43 bits per heavy atom. The predicted octanol–water partition coefficient (Wildman–Crippen LogP) is 3.18. The van der Waals surface area contributed by atoms with Crippen LogP contribution in [0.3, 0.4) is 0 Å². The van der Waals surface area contributed by atoms with Gasteiger partial charge in [-0.3, -0.25) is 0 Å². The van der Waals surface area contributed by atoms with Crippen molar-refractivity contribution in [2.75, 3.05) is 0 Å². The Balaban J connectivity index is 2.63. The van der Waals surface area contributed by atoms with Gasteiger partial charge < -0.3 is 5.11 Å².